The van der Waals surface area contributed by atoms with E-state index in [1.165, 1.54) is 22.3 Å². The molecule has 0 fully saturated rings. The van der Waals surface area contributed by atoms with Gasteiger partial charge < -0.3 is 18.2 Å². The Morgan fingerprint density at radius 3 is 1.95 bits per heavy atom. The minimum Gasteiger partial charge on any atom is -0.456 e. The smallest absolute Gasteiger partial charge is 0.159 e. The summed E-state index contributed by atoms with van der Waals surface area (Å²) in [7, 11) is 0. The van der Waals surface area contributed by atoms with E-state index in [4.69, 9.17) is 13.3 Å². The van der Waals surface area contributed by atoms with Gasteiger partial charge in [0.05, 0.1) is 11.4 Å². The summed E-state index contributed by atoms with van der Waals surface area (Å²) < 4.78 is 20.2. The normalized spacial score (nSPS) is 13.4. The molecular formula is C51H33NO3. The quantitative estimate of drug-likeness (QED) is 0.183. The summed E-state index contributed by atoms with van der Waals surface area (Å²) in [5.41, 5.74) is 15.3. The Bertz CT molecular complexity index is 3360. The molecule has 3 aromatic heterocycles. The van der Waals surface area contributed by atoms with Gasteiger partial charge in [0.15, 0.2) is 5.58 Å². The Morgan fingerprint density at radius 1 is 0.418 bits per heavy atom. The van der Waals surface area contributed by atoms with Crippen LogP contribution in [0.25, 0.3) is 88.1 Å². The summed E-state index contributed by atoms with van der Waals surface area (Å²) >= 11 is 0. The van der Waals surface area contributed by atoms with Crippen molar-refractivity contribution in [2.45, 2.75) is 19.3 Å². The molecule has 0 saturated carbocycles. The molecule has 1 aliphatic carbocycles. The third-order valence-corrected chi connectivity index (χ3v) is 11.9. The maximum absolute atomic E-state index is 7.02. The number of rotatable bonds is 4. The number of nitrogens with zero attached hydrogens (tertiary/aromatic N) is 1. The molecule has 0 atom stereocenters. The molecule has 0 spiro atoms. The van der Waals surface area contributed by atoms with Crippen molar-refractivity contribution >= 4 is 82.9 Å². The average molecular weight is 708 g/mol. The van der Waals surface area contributed by atoms with Crippen LogP contribution in [0.3, 0.4) is 0 Å². The number of hydrogen-bond donors (Lipinski definition) is 0. The average Bonchev–Trinajstić information content (AvgIpc) is 3.96. The molecule has 0 bridgehead atoms. The van der Waals surface area contributed by atoms with Crippen LogP contribution in [-0.4, -0.2) is 0 Å². The van der Waals surface area contributed by atoms with Crippen LogP contribution in [0.1, 0.15) is 25.0 Å². The van der Waals surface area contributed by atoms with E-state index in [9.17, 15) is 0 Å². The van der Waals surface area contributed by atoms with E-state index in [0.717, 1.165) is 94.0 Å². The minimum absolute atomic E-state index is 0.156. The summed E-state index contributed by atoms with van der Waals surface area (Å²) in [6.45, 7) is 4.66. The fourth-order valence-corrected chi connectivity index (χ4v) is 9.29. The number of furan rings is 3. The zero-order valence-electron chi connectivity index (χ0n) is 30.3. The minimum atomic E-state index is -0.156. The summed E-state index contributed by atoms with van der Waals surface area (Å²) in [5, 5.41) is 6.38. The van der Waals surface area contributed by atoms with Crippen LogP contribution in [0.2, 0.25) is 0 Å². The van der Waals surface area contributed by atoms with E-state index < -0.39 is 0 Å². The lowest BCUT2D eigenvalue weighted by molar-refractivity contribution is 0.660. The molecule has 55 heavy (non-hydrogen) atoms. The first-order valence-corrected chi connectivity index (χ1v) is 18.8. The van der Waals surface area contributed by atoms with Crippen molar-refractivity contribution in [2.24, 2.45) is 0 Å². The molecule has 12 rings (SSSR count). The van der Waals surface area contributed by atoms with Gasteiger partial charge in [0, 0.05) is 55.0 Å². The van der Waals surface area contributed by atoms with Crippen LogP contribution in [0, 0.1) is 0 Å². The molecule has 4 nitrogen and oxygen atoms in total. The topological polar surface area (TPSA) is 42.7 Å². The first kappa shape index (κ1) is 30.4. The zero-order chi connectivity index (χ0) is 36.4. The molecule has 11 aromatic rings. The van der Waals surface area contributed by atoms with Crippen LogP contribution in [-0.2, 0) is 5.41 Å². The van der Waals surface area contributed by atoms with E-state index in [1.54, 1.807) is 0 Å². The second-order valence-corrected chi connectivity index (χ2v) is 15.2. The van der Waals surface area contributed by atoms with Crippen LogP contribution < -0.4 is 4.90 Å². The number of benzene rings is 8. The highest BCUT2D eigenvalue weighted by atomic mass is 16.3. The van der Waals surface area contributed by atoms with Gasteiger partial charge in [-0.05, 0) is 76.3 Å². The van der Waals surface area contributed by atoms with Crippen molar-refractivity contribution in [1.29, 1.82) is 0 Å². The van der Waals surface area contributed by atoms with Crippen molar-refractivity contribution in [3.63, 3.8) is 0 Å². The SMILES string of the molecule is CC1(C)c2ccccc2-c2ccc(N(c3ccc4c(c3)oc3c(-c5ccccc5)c5c(cc34)oc3ccccc35)c3cccc4c3oc3ccccc34)cc21. The van der Waals surface area contributed by atoms with Gasteiger partial charge in [0.2, 0.25) is 0 Å². The van der Waals surface area contributed by atoms with Gasteiger partial charge in [0.1, 0.15) is 27.9 Å². The van der Waals surface area contributed by atoms with E-state index in [2.05, 4.69) is 158 Å². The van der Waals surface area contributed by atoms with Gasteiger partial charge in [-0.15, -0.1) is 0 Å². The van der Waals surface area contributed by atoms with Crippen molar-refractivity contribution in [1.82, 2.24) is 0 Å². The van der Waals surface area contributed by atoms with Crippen LogP contribution in [0.5, 0.6) is 0 Å². The second kappa shape index (κ2) is 11.0. The fourth-order valence-electron chi connectivity index (χ4n) is 9.29. The highest BCUT2D eigenvalue weighted by Gasteiger charge is 2.36. The lowest BCUT2D eigenvalue weighted by Crippen LogP contribution is -2.16. The predicted molar refractivity (Wildman–Crippen MR) is 226 cm³/mol. The van der Waals surface area contributed by atoms with Crippen molar-refractivity contribution in [3.8, 4) is 22.3 Å². The van der Waals surface area contributed by atoms with E-state index in [0.29, 0.717) is 0 Å². The number of fused-ring (bicyclic) bond motifs is 12. The third-order valence-electron chi connectivity index (χ3n) is 11.9. The Labute approximate surface area is 316 Å². The number of para-hydroxylation sites is 3. The van der Waals surface area contributed by atoms with Gasteiger partial charge in [-0.3, -0.25) is 0 Å². The van der Waals surface area contributed by atoms with E-state index in [-0.39, 0.29) is 5.41 Å². The number of hydrogen-bond acceptors (Lipinski definition) is 4. The summed E-state index contributed by atoms with van der Waals surface area (Å²) in [4.78, 5) is 2.33. The Kier molecular flexibility index (Phi) is 6.09. The van der Waals surface area contributed by atoms with Gasteiger partial charge in [0.25, 0.3) is 0 Å². The van der Waals surface area contributed by atoms with Crippen molar-refractivity contribution in [2.75, 3.05) is 4.90 Å². The summed E-state index contributed by atoms with van der Waals surface area (Å²) in [6, 6.07) is 57.9. The first-order chi connectivity index (χ1) is 27.0. The Hall–Kier alpha value is -7.04. The van der Waals surface area contributed by atoms with Crippen molar-refractivity contribution in [3.05, 3.63) is 175 Å². The Morgan fingerprint density at radius 2 is 1.07 bits per heavy atom. The molecule has 260 valence electrons. The largest absolute Gasteiger partial charge is 0.456 e. The molecule has 0 saturated heterocycles. The highest BCUT2D eigenvalue weighted by molar-refractivity contribution is 6.23. The third kappa shape index (κ3) is 4.22. The van der Waals surface area contributed by atoms with Crippen LogP contribution >= 0.6 is 0 Å². The Balaban J connectivity index is 1.13. The monoisotopic (exact) mass is 707 g/mol. The summed E-state index contributed by atoms with van der Waals surface area (Å²) in [6.07, 6.45) is 0. The van der Waals surface area contributed by atoms with Gasteiger partial charge in [-0.2, -0.15) is 0 Å². The van der Waals surface area contributed by atoms with Gasteiger partial charge >= 0.3 is 0 Å². The van der Waals surface area contributed by atoms with Crippen LogP contribution in [0.15, 0.2) is 177 Å². The predicted octanol–water partition coefficient (Wildman–Crippen LogP) is 14.8. The molecule has 8 aromatic carbocycles. The van der Waals surface area contributed by atoms with Gasteiger partial charge in [-0.25, -0.2) is 0 Å². The molecule has 3 heterocycles. The summed E-state index contributed by atoms with van der Waals surface area (Å²) in [5.74, 6) is 0. The maximum Gasteiger partial charge on any atom is 0.159 e. The molecule has 0 amide bonds. The molecule has 0 unspecified atom stereocenters. The molecule has 0 N–H and O–H groups in total. The number of anilines is 3. The first-order valence-electron chi connectivity index (χ1n) is 18.8. The maximum atomic E-state index is 7.02. The highest BCUT2D eigenvalue weighted by Crippen LogP contribution is 2.52. The molecule has 4 heteroatoms. The lowest BCUT2D eigenvalue weighted by atomic mass is 9.82. The van der Waals surface area contributed by atoms with E-state index in [1.807, 2.05) is 24.3 Å². The lowest BCUT2D eigenvalue weighted by Gasteiger charge is -2.28. The molecule has 0 radical (unpaired) electrons. The van der Waals surface area contributed by atoms with Gasteiger partial charge in [-0.1, -0.05) is 123 Å². The fraction of sp³-hybridized carbons (Fsp3) is 0.0588. The zero-order valence-corrected chi connectivity index (χ0v) is 30.3. The molecule has 0 aliphatic heterocycles. The van der Waals surface area contributed by atoms with Crippen molar-refractivity contribution < 1.29 is 13.3 Å². The van der Waals surface area contributed by atoms with E-state index >= 15 is 0 Å². The van der Waals surface area contributed by atoms with Crippen LogP contribution in [0.4, 0.5) is 17.1 Å². The molecular weight excluding hydrogens is 675 g/mol. The molecule has 1 aliphatic rings. The standard InChI is InChI=1S/C51H33NO3/c1-51(2)40-19-9-6-15-33(40)34-25-23-31(27-41(34)51)52(42-20-12-18-37-35-16-7-10-21-43(35)54-49(37)42)32-24-26-36-39-29-46-48(38-17-8-11-22-44(38)53-46)47(30-13-4-3-5-14-30)50(39)55-45(36)28-32/h3-29H,1-2H3. The second-order valence-electron chi connectivity index (χ2n) is 15.2.